The third-order valence-corrected chi connectivity index (χ3v) is 3.53. The van der Waals surface area contributed by atoms with Crippen molar-refractivity contribution in [2.24, 2.45) is 0 Å². The Morgan fingerprint density at radius 2 is 2.04 bits per heavy atom. The number of nitrogens with zero attached hydrogens (tertiary/aromatic N) is 4. The van der Waals surface area contributed by atoms with E-state index in [9.17, 15) is 13.6 Å². The van der Waals surface area contributed by atoms with Crippen LogP contribution >= 0.6 is 0 Å². The highest BCUT2D eigenvalue weighted by atomic mass is 19.1. The van der Waals surface area contributed by atoms with Crippen LogP contribution in [0.25, 0.3) is 11.4 Å². The van der Waals surface area contributed by atoms with Crippen LogP contribution in [0.1, 0.15) is 11.1 Å². The molecule has 3 rings (SSSR count). The molecule has 0 aliphatic carbocycles. The third-order valence-electron chi connectivity index (χ3n) is 3.53. The monoisotopic (exact) mass is 343 g/mol. The van der Waals surface area contributed by atoms with Crippen molar-refractivity contribution in [2.75, 3.05) is 0 Å². The molecule has 0 saturated heterocycles. The van der Waals surface area contributed by atoms with E-state index in [1.807, 2.05) is 0 Å². The van der Waals surface area contributed by atoms with Gasteiger partial charge in [-0.3, -0.25) is 4.79 Å². The number of tetrazole rings is 1. The minimum absolute atomic E-state index is 0.123. The number of rotatable bonds is 5. The van der Waals surface area contributed by atoms with Gasteiger partial charge in [0.05, 0.1) is 0 Å². The van der Waals surface area contributed by atoms with E-state index in [0.717, 1.165) is 10.4 Å². The summed E-state index contributed by atoms with van der Waals surface area (Å²) in [5.74, 6) is -0.764. The Kier molecular flexibility index (Phi) is 4.78. The summed E-state index contributed by atoms with van der Waals surface area (Å²) in [5, 5.41) is 14.4. The van der Waals surface area contributed by atoms with Crippen LogP contribution in [0, 0.1) is 18.6 Å². The van der Waals surface area contributed by atoms with Crippen molar-refractivity contribution in [3.05, 3.63) is 65.2 Å². The maximum atomic E-state index is 13.2. The molecule has 1 heterocycles. The average molecular weight is 343 g/mol. The second kappa shape index (κ2) is 7.16. The van der Waals surface area contributed by atoms with Gasteiger partial charge in [0, 0.05) is 12.1 Å². The zero-order valence-electron chi connectivity index (χ0n) is 13.4. The molecule has 8 heteroatoms. The molecule has 1 amide bonds. The van der Waals surface area contributed by atoms with Gasteiger partial charge in [0.2, 0.25) is 11.7 Å². The Balaban J connectivity index is 1.59. The zero-order chi connectivity index (χ0) is 17.8. The molecule has 0 aliphatic heterocycles. The lowest BCUT2D eigenvalue weighted by molar-refractivity contribution is -0.122. The van der Waals surface area contributed by atoms with Crippen molar-refractivity contribution >= 4 is 5.91 Å². The molecule has 0 spiro atoms. The van der Waals surface area contributed by atoms with E-state index in [4.69, 9.17) is 0 Å². The standard InChI is InChI=1S/C17H15F2N5O/c1-11-7-12(5-6-15(11)19)9-20-16(25)10-24-22-17(21-23-24)13-3-2-4-14(18)8-13/h2-8H,9-10H2,1H3,(H,20,25). The molecule has 25 heavy (non-hydrogen) atoms. The van der Waals surface area contributed by atoms with Crippen molar-refractivity contribution in [3.8, 4) is 11.4 Å². The smallest absolute Gasteiger partial charge is 0.243 e. The second-order valence-corrected chi connectivity index (χ2v) is 5.51. The number of halogens is 2. The number of carbonyl (C=O) groups is 1. The fourth-order valence-electron chi connectivity index (χ4n) is 2.26. The van der Waals surface area contributed by atoms with Gasteiger partial charge in [-0.1, -0.05) is 24.3 Å². The lowest BCUT2D eigenvalue weighted by Crippen LogP contribution is -2.28. The van der Waals surface area contributed by atoms with Gasteiger partial charge in [-0.05, 0) is 41.5 Å². The van der Waals surface area contributed by atoms with Gasteiger partial charge in [-0.25, -0.2) is 8.78 Å². The maximum absolute atomic E-state index is 13.2. The molecular formula is C17H15F2N5O. The quantitative estimate of drug-likeness (QED) is 0.771. The van der Waals surface area contributed by atoms with Crippen molar-refractivity contribution in [1.82, 2.24) is 25.5 Å². The Morgan fingerprint density at radius 1 is 1.20 bits per heavy atom. The van der Waals surface area contributed by atoms with Gasteiger partial charge in [-0.15, -0.1) is 10.2 Å². The number of aromatic nitrogens is 4. The van der Waals surface area contributed by atoms with Gasteiger partial charge in [0.1, 0.15) is 18.2 Å². The van der Waals surface area contributed by atoms with E-state index in [1.54, 1.807) is 31.2 Å². The minimum atomic E-state index is -0.402. The normalized spacial score (nSPS) is 10.7. The highest BCUT2D eigenvalue weighted by Gasteiger charge is 2.10. The van der Waals surface area contributed by atoms with Crippen LogP contribution in [0.4, 0.5) is 8.78 Å². The number of aryl methyl sites for hydroxylation is 1. The molecule has 0 aliphatic rings. The lowest BCUT2D eigenvalue weighted by atomic mass is 10.1. The van der Waals surface area contributed by atoms with Crippen molar-refractivity contribution in [1.29, 1.82) is 0 Å². The Labute approximate surface area is 142 Å². The number of hydrogen-bond donors (Lipinski definition) is 1. The maximum Gasteiger partial charge on any atom is 0.243 e. The first kappa shape index (κ1) is 16.7. The molecule has 1 N–H and O–H groups in total. The average Bonchev–Trinajstić information content (AvgIpc) is 3.04. The summed E-state index contributed by atoms with van der Waals surface area (Å²) in [6.45, 7) is 1.81. The Hall–Kier alpha value is -3.16. The van der Waals surface area contributed by atoms with E-state index in [1.165, 1.54) is 18.2 Å². The van der Waals surface area contributed by atoms with E-state index in [-0.39, 0.29) is 30.6 Å². The molecule has 2 aromatic carbocycles. The summed E-state index contributed by atoms with van der Waals surface area (Å²) < 4.78 is 26.4. The number of hydrogen-bond acceptors (Lipinski definition) is 4. The molecule has 1 aromatic heterocycles. The van der Waals surface area contributed by atoms with Gasteiger partial charge in [-0.2, -0.15) is 4.80 Å². The molecular weight excluding hydrogens is 328 g/mol. The van der Waals surface area contributed by atoms with Gasteiger partial charge in [0.25, 0.3) is 0 Å². The molecule has 3 aromatic rings. The molecule has 128 valence electrons. The number of nitrogens with one attached hydrogen (secondary N) is 1. The number of amides is 1. The summed E-state index contributed by atoms with van der Waals surface area (Å²) in [7, 11) is 0. The summed E-state index contributed by atoms with van der Waals surface area (Å²) in [5.41, 5.74) is 1.79. The molecule has 6 nitrogen and oxygen atoms in total. The number of carbonyl (C=O) groups excluding carboxylic acids is 1. The summed E-state index contributed by atoms with van der Waals surface area (Å²) in [4.78, 5) is 13.1. The molecule has 0 fully saturated rings. The van der Waals surface area contributed by atoms with E-state index >= 15 is 0 Å². The second-order valence-electron chi connectivity index (χ2n) is 5.51. The van der Waals surface area contributed by atoms with Crippen LogP contribution in [-0.2, 0) is 17.9 Å². The fraction of sp³-hybridized carbons (Fsp3) is 0.176. The van der Waals surface area contributed by atoms with Crippen molar-refractivity contribution in [3.63, 3.8) is 0 Å². The highest BCUT2D eigenvalue weighted by Crippen LogP contribution is 2.14. The molecule has 0 bridgehead atoms. The van der Waals surface area contributed by atoms with Crippen LogP contribution in [0.2, 0.25) is 0 Å². The first-order chi connectivity index (χ1) is 12.0. The predicted octanol–water partition coefficient (Wildman–Crippen LogP) is 2.24. The van der Waals surface area contributed by atoms with E-state index < -0.39 is 5.82 Å². The van der Waals surface area contributed by atoms with Crippen LogP contribution in [0.3, 0.4) is 0 Å². The van der Waals surface area contributed by atoms with Crippen LogP contribution in [0.5, 0.6) is 0 Å². The molecule has 0 unspecified atom stereocenters. The predicted molar refractivity (Wildman–Crippen MR) is 86.2 cm³/mol. The van der Waals surface area contributed by atoms with Crippen LogP contribution in [-0.4, -0.2) is 26.1 Å². The number of benzene rings is 2. The SMILES string of the molecule is Cc1cc(CNC(=O)Cn2nnc(-c3cccc(F)c3)n2)ccc1F. The van der Waals surface area contributed by atoms with Gasteiger partial charge < -0.3 is 5.32 Å². The topological polar surface area (TPSA) is 72.7 Å². The fourth-order valence-corrected chi connectivity index (χ4v) is 2.26. The zero-order valence-corrected chi connectivity index (χ0v) is 13.4. The van der Waals surface area contributed by atoms with Crippen molar-refractivity contribution in [2.45, 2.75) is 20.0 Å². The largest absolute Gasteiger partial charge is 0.350 e. The Morgan fingerprint density at radius 3 is 2.80 bits per heavy atom. The van der Waals surface area contributed by atoms with E-state index in [0.29, 0.717) is 11.1 Å². The summed E-state index contributed by atoms with van der Waals surface area (Å²) >= 11 is 0. The molecule has 0 radical (unpaired) electrons. The first-order valence-corrected chi connectivity index (χ1v) is 7.57. The van der Waals surface area contributed by atoms with E-state index in [2.05, 4.69) is 20.7 Å². The summed E-state index contributed by atoms with van der Waals surface area (Å²) in [6.07, 6.45) is 0. The Bertz CT molecular complexity index is 910. The third kappa shape index (κ3) is 4.23. The minimum Gasteiger partial charge on any atom is -0.350 e. The van der Waals surface area contributed by atoms with Crippen molar-refractivity contribution < 1.29 is 13.6 Å². The van der Waals surface area contributed by atoms with Crippen LogP contribution < -0.4 is 5.32 Å². The molecule has 0 saturated carbocycles. The highest BCUT2D eigenvalue weighted by molar-refractivity contribution is 5.75. The van der Waals surface area contributed by atoms with Crippen LogP contribution in [0.15, 0.2) is 42.5 Å². The molecule has 0 atom stereocenters. The first-order valence-electron chi connectivity index (χ1n) is 7.57. The summed E-state index contributed by atoms with van der Waals surface area (Å²) in [6, 6.07) is 10.5. The van der Waals surface area contributed by atoms with Gasteiger partial charge >= 0.3 is 0 Å². The lowest BCUT2D eigenvalue weighted by Gasteiger charge is -2.06. The van der Waals surface area contributed by atoms with Gasteiger partial charge in [0.15, 0.2) is 0 Å².